The second-order valence-corrected chi connectivity index (χ2v) is 11.3. The van der Waals surface area contributed by atoms with Crippen molar-refractivity contribution in [1.29, 1.82) is 0 Å². The van der Waals surface area contributed by atoms with Crippen LogP contribution in [0.3, 0.4) is 0 Å². The van der Waals surface area contributed by atoms with Crippen molar-refractivity contribution in [1.82, 2.24) is 24.3 Å². The topological polar surface area (TPSA) is 105 Å². The minimum Gasteiger partial charge on any atom is -0.493 e. The number of rotatable bonds is 5. The molecular weight excluding hydrogens is 491 g/mol. The van der Waals surface area contributed by atoms with E-state index in [2.05, 4.69) is 16.4 Å². The Morgan fingerprint density at radius 3 is 2.87 bits per heavy atom. The van der Waals surface area contributed by atoms with Crippen LogP contribution in [-0.4, -0.2) is 61.9 Å². The summed E-state index contributed by atoms with van der Waals surface area (Å²) in [6, 6.07) is 7.82. The minimum atomic E-state index is -0.655. The van der Waals surface area contributed by atoms with E-state index >= 15 is 0 Å². The van der Waals surface area contributed by atoms with Gasteiger partial charge in [-0.25, -0.2) is 9.97 Å². The van der Waals surface area contributed by atoms with Crippen molar-refractivity contribution >= 4 is 30.7 Å². The molecule has 1 fully saturated rings. The van der Waals surface area contributed by atoms with Gasteiger partial charge in [0.15, 0.2) is 5.69 Å². The van der Waals surface area contributed by atoms with Crippen LogP contribution in [-0.2, 0) is 19.5 Å². The number of anilines is 1. The fourth-order valence-electron chi connectivity index (χ4n) is 6.39. The number of carbonyl (C=O) groups excluding carboxylic acids is 1. The van der Waals surface area contributed by atoms with Crippen LogP contribution < -0.4 is 15.5 Å². The lowest BCUT2D eigenvalue weighted by Gasteiger charge is -2.43. The number of imidazole rings is 1. The quantitative estimate of drug-likeness (QED) is 0.390. The highest BCUT2D eigenvalue weighted by atomic mass is 16.5. The van der Waals surface area contributed by atoms with E-state index in [1.165, 1.54) is 0 Å². The molecule has 2 N–H and O–H groups in total. The highest BCUT2D eigenvalue weighted by Crippen LogP contribution is 2.39. The summed E-state index contributed by atoms with van der Waals surface area (Å²) < 4.78 is 7.57. The van der Waals surface area contributed by atoms with Crippen LogP contribution in [0.25, 0.3) is 16.6 Å². The van der Waals surface area contributed by atoms with Crippen LogP contribution in [0.2, 0.25) is 0 Å². The number of ether oxygens (including phenoxy) is 1. The first-order chi connectivity index (χ1) is 18.8. The molecule has 2 aliphatic heterocycles. The van der Waals surface area contributed by atoms with Crippen LogP contribution in [0, 0.1) is 12.8 Å². The average Bonchev–Trinajstić information content (AvgIpc) is 3.54. The fourth-order valence-corrected chi connectivity index (χ4v) is 6.39. The number of hydrogen-bond acceptors (Lipinski definition) is 7. The summed E-state index contributed by atoms with van der Waals surface area (Å²) in [7, 11) is 6.33. The number of pyridine rings is 1. The van der Waals surface area contributed by atoms with E-state index in [0.717, 1.165) is 45.8 Å². The molecule has 3 aliphatic rings. The van der Waals surface area contributed by atoms with Gasteiger partial charge in [0.1, 0.15) is 19.9 Å². The second-order valence-electron chi connectivity index (χ2n) is 11.3. The Balaban J connectivity index is 1.29. The van der Waals surface area contributed by atoms with Gasteiger partial charge in [-0.05, 0) is 50.3 Å². The third-order valence-electron chi connectivity index (χ3n) is 8.19. The number of amides is 1. The van der Waals surface area contributed by atoms with Crippen molar-refractivity contribution in [3.63, 3.8) is 0 Å². The molecule has 9 nitrogen and oxygen atoms in total. The third-order valence-corrected chi connectivity index (χ3v) is 8.19. The van der Waals surface area contributed by atoms with E-state index in [1.54, 1.807) is 12.5 Å². The molecule has 5 heterocycles. The molecule has 196 valence electrons. The van der Waals surface area contributed by atoms with Crippen molar-refractivity contribution in [2.75, 3.05) is 18.5 Å². The second kappa shape index (κ2) is 8.81. The lowest BCUT2D eigenvalue weighted by molar-refractivity contribution is -0.0643. The predicted molar refractivity (Wildman–Crippen MR) is 147 cm³/mol. The van der Waals surface area contributed by atoms with Crippen LogP contribution in [0.15, 0.2) is 36.8 Å². The van der Waals surface area contributed by atoms with E-state index in [-0.39, 0.29) is 11.8 Å². The van der Waals surface area contributed by atoms with Gasteiger partial charge in [-0.1, -0.05) is 17.6 Å². The number of hydrogen-bond donors (Lipinski definition) is 2. The van der Waals surface area contributed by atoms with Gasteiger partial charge in [-0.3, -0.25) is 14.2 Å². The zero-order valence-corrected chi connectivity index (χ0v) is 22.1. The first-order valence-corrected chi connectivity index (χ1v) is 13.4. The van der Waals surface area contributed by atoms with E-state index in [0.29, 0.717) is 61.7 Å². The van der Waals surface area contributed by atoms with Crippen LogP contribution >= 0.6 is 0 Å². The SMILES string of the molecule is [B]c1ccc2c(c1CNc1ncc3c4c(ncn14)C(=O)N(CC1CC(C)(O)C1)Cc1nc(C)ccc1-3)CCO2. The molecule has 0 saturated heterocycles. The van der Waals surface area contributed by atoms with Gasteiger partial charge in [0.05, 0.1) is 30.0 Å². The lowest BCUT2D eigenvalue weighted by Crippen LogP contribution is -2.47. The smallest absolute Gasteiger partial charge is 0.275 e. The molecule has 0 spiro atoms. The van der Waals surface area contributed by atoms with Crippen LogP contribution in [0.5, 0.6) is 5.75 Å². The minimum absolute atomic E-state index is 0.140. The number of aromatic nitrogens is 4. The van der Waals surface area contributed by atoms with Crippen molar-refractivity contribution in [2.45, 2.75) is 51.8 Å². The van der Waals surface area contributed by atoms with Crippen LogP contribution in [0.4, 0.5) is 5.95 Å². The maximum Gasteiger partial charge on any atom is 0.275 e. The Kier molecular flexibility index (Phi) is 5.45. The van der Waals surface area contributed by atoms with Crippen molar-refractivity contribution in [2.24, 2.45) is 5.92 Å². The van der Waals surface area contributed by atoms with E-state index in [9.17, 15) is 9.90 Å². The first-order valence-electron chi connectivity index (χ1n) is 13.4. The summed E-state index contributed by atoms with van der Waals surface area (Å²) in [5, 5.41) is 13.7. The highest BCUT2D eigenvalue weighted by Gasteiger charge is 2.40. The van der Waals surface area contributed by atoms with Gasteiger partial charge in [-0.15, -0.1) is 0 Å². The summed E-state index contributed by atoms with van der Waals surface area (Å²) in [5.41, 5.74) is 6.73. The van der Waals surface area contributed by atoms with Crippen LogP contribution in [0.1, 0.15) is 52.8 Å². The maximum atomic E-state index is 13.9. The van der Waals surface area contributed by atoms with Gasteiger partial charge in [0.2, 0.25) is 5.95 Å². The molecule has 1 saturated carbocycles. The molecule has 0 unspecified atom stereocenters. The van der Waals surface area contributed by atoms with Gasteiger partial charge in [0.25, 0.3) is 5.91 Å². The number of nitrogens with zero attached hydrogens (tertiary/aromatic N) is 5. The Morgan fingerprint density at radius 1 is 1.21 bits per heavy atom. The molecule has 1 aliphatic carbocycles. The number of aliphatic hydroxyl groups is 1. The Labute approximate surface area is 227 Å². The molecule has 39 heavy (non-hydrogen) atoms. The summed E-state index contributed by atoms with van der Waals surface area (Å²) in [4.78, 5) is 29.9. The molecule has 2 radical (unpaired) electrons. The summed E-state index contributed by atoms with van der Waals surface area (Å²) in [6.07, 6.45) is 5.62. The Hall–Kier alpha value is -3.92. The van der Waals surface area contributed by atoms with E-state index in [4.69, 9.17) is 22.6 Å². The largest absolute Gasteiger partial charge is 0.493 e. The third kappa shape index (κ3) is 4.05. The molecule has 7 rings (SSSR count). The summed E-state index contributed by atoms with van der Waals surface area (Å²) in [5.74, 6) is 1.55. The first kappa shape index (κ1) is 24.1. The van der Waals surface area contributed by atoms with Crippen molar-refractivity contribution in [3.05, 3.63) is 65.0 Å². The van der Waals surface area contributed by atoms with Gasteiger partial charge in [-0.2, -0.15) is 0 Å². The standard InChI is InChI=1S/C29H29BN6O3/c1-16-3-4-18-21-12-32-28(31-11-20-19-7-8-39-24(19)6-5-22(20)30)36-15-33-25(26(21)36)27(37)35(14-23(18)34-16)13-17-9-29(2,38)10-17/h3-6,12,15,17,38H,7-11,13-14H2,1-2H3,(H,31,32). The molecule has 0 bridgehead atoms. The van der Waals surface area contributed by atoms with E-state index < -0.39 is 5.60 Å². The number of fused-ring (bicyclic) bond motifs is 3. The van der Waals surface area contributed by atoms with Crippen molar-refractivity contribution < 1.29 is 14.6 Å². The molecule has 0 atom stereocenters. The lowest BCUT2D eigenvalue weighted by atomic mass is 9.72. The molecule has 10 heteroatoms. The monoisotopic (exact) mass is 520 g/mol. The fraction of sp³-hybridized carbons (Fsp3) is 0.379. The maximum absolute atomic E-state index is 13.9. The van der Waals surface area contributed by atoms with Gasteiger partial charge >= 0.3 is 0 Å². The number of nitrogens with one attached hydrogen (secondary N) is 1. The van der Waals surface area contributed by atoms with Gasteiger partial charge in [0, 0.05) is 48.1 Å². The van der Waals surface area contributed by atoms with Crippen molar-refractivity contribution in [3.8, 4) is 16.9 Å². The number of aryl methyl sites for hydroxylation is 1. The Bertz CT molecular complexity index is 1640. The highest BCUT2D eigenvalue weighted by molar-refractivity contribution is 6.33. The van der Waals surface area contributed by atoms with E-state index in [1.807, 2.05) is 41.3 Å². The summed E-state index contributed by atoms with van der Waals surface area (Å²) in [6.45, 7) is 5.85. The molecule has 4 aromatic rings. The van der Waals surface area contributed by atoms with Gasteiger partial charge < -0.3 is 20.1 Å². The Morgan fingerprint density at radius 2 is 2.05 bits per heavy atom. The zero-order chi connectivity index (χ0) is 26.9. The molecular formula is C29H29BN6O3. The molecule has 1 amide bonds. The normalized spacial score (nSPS) is 21.6. The zero-order valence-electron chi connectivity index (χ0n) is 22.1. The average molecular weight is 520 g/mol. The molecule has 1 aromatic carbocycles. The summed E-state index contributed by atoms with van der Waals surface area (Å²) >= 11 is 0. The molecule has 3 aromatic heterocycles. The number of benzene rings is 1. The predicted octanol–water partition coefficient (Wildman–Crippen LogP) is 2.56. The number of carbonyl (C=O) groups is 1.